The zero-order valence-electron chi connectivity index (χ0n) is 9.31. The second-order valence-electron chi connectivity index (χ2n) is 4.76. The lowest BCUT2D eigenvalue weighted by molar-refractivity contribution is 0.254. The normalized spacial score (nSPS) is 32.5. The van der Waals surface area contributed by atoms with Crippen LogP contribution in [0, 0.1) is 0 Å². The maximum absolute atomic E-state index is 4.13. The Morgan fingerprint density at radius 3 is 2.93 bits per heavy atom. The molecule has 0 aromatic carbocycles. The summed E-state index contributed by atoms with van der Waals surface area (Å²) < 4.78 is 0. The van der Waals surface area contributed by atoms with Crippen LogP contribution in [-0.4, -0.2) is 30.1 Å². The van der Waals surface area contributed by atoms with E-state index >= 15 is 0 Å². The van der Waals surface area contributed by atoms with Crippen LogP contribution in [0.5, 0.6) is 0 Å². The molecule has 0 aliphatic carbocycles. The van der Waals surface area contributed by atoms with Crippen LogP contribution in [0.15, 0.2) is 12.3 Å². The van der Waals surface area contributed by atoms with Crippen LogP contribution < -0.4 is 5.32 Å². The predicted molar refractivity (Wildman–Crippen MR) is 60.2 cm³/mol. The second-order valence-corrected chi connectivity index (χ2v) is 4.76. The number of rotatable bonds is 2. The molecule has 0 amide bonds. The Bertz CT molecular complexity index is 216. The van der Waals surface area contributed by atoms with E-state index in [1.165, 1.54) is 51.0 Å². The first-order valence-electron chi connectivity index (χ1n) is 5.93. The van der Waals surface area contributed by atoms with E-state index in [1.54, 1.807) is 0 Å². The monoisotopic (exact) mass is 194 g/mol. The molecule has 2 heteroatoms. The van der Waals surface area contributed by atoms with Crippen LogP contribution in [0.2, 0.25) is 0 Å². The quantitative estimate of drug-likeness (QED) is 0.724. The zero-order valence-corrected chi connectivity index (χ0v) is 9.31. The van der Waals surface area contributed by atoms with Gasteiger partial charge in [0, 0.05) is 24.3 Å². The highest BCUT2D eigenvalue weighted by Gasteiger charge is 2.38. The molecule has 1 atom stereocenters. The largest absolute Gasteiger partial charge is 0.373 e. The second kappa shape index (κ2) is 3.93. The summed E-state index contributed by atoms with van der Waals surface area (Å²) in [5.41, 5.74) is 1.75. The van der Waals surface area contributed by atoms with E-state index in [4.69, 9.17) is 0 Å². The number of piperidine rings is 1. The van der Waals surface area contributed by atoms with Crippen LogP contribution in [0.3, 0.4) is 0 Å². The molecule has 2 nitrogen and oxygen atoms in total. The summed E-state index contributed by atoms with van der Waals surface area (Å²) in [7, 11) is 0. The van der Waals surface area contributed by atoms with Gasteiger partial charge in [-0.1, -0.05) is 19.9 Å². The first-order chi connectivity index (χ1) is 6.76. The summed E-state index contributed by atoms with van der Waals surface area (Å²) in [6.07, 6.45) is 6.53. The van der Waals surface area contributed by atoms with Crippen LogP contribution in [0.25, 0.3) is 0 Å². The van der Waals surface area contributed by atoms with E-state index in [9.17, 15) is 0 Å². The highest BCUT2D eigenvalue weighted by molar-refractivity contribution is 5.06. The Kier molecular flexibility index (Phi) is 2.82. The van der Waals surface area contributed by atoms with Crippen molar-refractivity contribution >= 4 is 0 Å². The van der Waals surface area contributed by atoms with Crippen molar-refractivity contribution in [3.63, 3.8) is 0 Å². The molecule has 14 heavy (non-hydrogen) atoms. The number of hydrogen-bond acceptors (Lipinski definition) is 2. The van der Waals surface area contributed by atoms with Crippen LogP contribution in [0.1, 0.15) is 39.0 Å². The fraction of sp³-hybridized carbons (Fsp3) is 0.833. The number of allylic oxidation sites excluding steroid dienone is 1. The molecule has 80 valence electrons. The van der Waals surface area contributed by atoms with E-state index < -0.39 is 0 Å². The molecule has 1 spiro atoms. The minimum Gasteiger partial charge on any atom is -0.373 e. The summed E-state index contributed by atoms with van der Waals surface area (Å²) in [4.78, 5) is 2.47. The smallest absolute Gasteiger partial charge is 0.0374 e. The van der Waals surface area contributed by atoms with Crippen molar-refractivity contribution in [3.8, 4) is 0 Å². The number of nitrogens with zero attached hydrogens (tertiary/aromatic N) is 1. The van der Waals surface area contributed by atoms with Gasteiger partial charge in [0.15, 0.2) is 0 Å². The summed E-state index contributed by atoms with van der Waals surface area (Å²) in [6, 6.07) is 0. The summed E-state index contributed by atoms with van der Waals surface area (Å²) in [6.45, 7) is 9.94. The molecule has 2 aliphatic heterocycles. The Balaban J connectivity index is 1.95. The van der Waals surface area contributed by atoms with Crippen molar-refractivity contribution in [2.24, 2.45) is 0 Å². The number of likely N-dealkylation sites (tertiary alicyclic amines) is 1. The van der Waals surface area contributed by atoms with Crippen molar-refractivity contribution in [3.05, 3.63) is 12.3 Å². The van der Waals surface area contributed by atoms with E-state index in [1.807, 2.05) is 0 Å². The van der Waals surface area contributed by atoms with Crippen LogP contribution >= 0.6 is 0 Å². The summed E-state index contributed by atoms with van der Waals surface area (Å²) >= 11 is 0. The average molecular weight is 194 g/mol. The summed E-state index contributed by atoms with van der Waals surface area (Å²) in [5, 5.41) is 3.72. The van der Waals surface area contributed by atoms with Crippen molar-refractivity contribution < 1.29 is 0 Å². The molecule has 0 aromatic rings. The molecule has 2 aliphatic rings. The molecule has 2 heterocycles. The van der Waals surface area contributed by atoms with Gasteiger partial charge in [-0.3, -0.25) is 0 Å². The molecule has 0 saturated carbocycles. The highest BCUT2D eigenvalue weighted by atomic mass is 15.2. The maximum Gasteiger partial charge on any atom is 0.0374 e. The molecule has 1 unspecified atom stereocenters. The van der Waals surface area contributed by atoms with Crippen molar-refractivity contribution in [1.82, 2.24) is 10.2 Å². The first-order valence-corrected chi connectivity index (χ1v) is 5.93. The van der Waals surface area contributed by atoms with E-state index in [0.717, 1.165) is 6.42 Å². The lowest BCUT2D eigenvalue weighted by Crippen LogP contribution is -2.50. The van der Waals surface area contributed by atoms with Gasteiger partial charge in [-0.2, -0.15) is 0 Å². The van der Waals surface area contributed by atoms with E-state index in [2.05, 4.69) is 23.7 Å². The minimum atomic E-state index is 0.441. The minimum absolute atomic E-state index is 0.441. The average Bonchev–Trinajstić information content (AvgIpc) is 2.62. The predicted octanol–water partition coefficient (Wildman–Crippen LogP) is 2.13. The van der Waals surface area contributed by atoms with Crippen molar-refractivity contribution in [2.45, 2.75) is 44.6 Å². The van der Waals surface area contributed by atoms with Crippen LogP contribution in [-0.2, 0) is 0 Å². The van der Waals surface area contributed by atoms with Gasteiger partial charge < -0.3 is 10.2 Å². The lowest BCUT2D eigenvalue weighted by atomic mass is 9.88. The standard InChI is InChI=1S/C12H22N2/c1-3-11(2)14-9-7-12(10-14)6-4-5-8-13-12/h13H,2-10H2,1H3. The SMILES string of the molecule is C=C(CC)N1CCC2(CCCCN2)C1. The molecule has 0 aromatic heterocycles. The molecule has 0 radical (unpaired) electrons. The Morgan fingerprint density at radius 2 is 2.29 bits per heavy atom. The molecule has 1 N–H and O–H groups in total. The van der Waals surface area contributed by atoms with Gasteiger partial charge in [0.25, 0.3) is 0 Å². The van der Waals surface area contributed by atoms with Gasteiger partial charge in [-0.05, 0) is 32.2 Å². The Labute approximate surface area is 87.4 Å². The topological polar surface area (TPSA) is 15.3 Å². The third-order valence-corrected chi connectivity index (χ3v) is 3.79. The van der Waals surface area contributed by atoms with Crippen molar-refractivity contribution in [1.29, 1.82) is 0 Å². The number of nitrogens with one attached hydrogen (secondary N) is 1. The van der Waals surface area contributed by atoms with E-state index in [-0.39, 0.29) is 0 Å². The van der Waals surface area contributed by atoms with E-state index in [0.29, 0.717) is 5.54 Å². The highest BCUT2D eigenvalue weighted by Crippen LogP contribution is 2.31. The van der Waals surface area contributed by atoms with Gasteiger partial charge >= 0.3 is 0 Å². The molecule has 2 fully saturated rings. The van der Waals surface area contributed by atoms with Gasteiger partial charge in [-0.15, -0.1) is 0 Å². The molecule has 2 rings (SSSR count). The lowest BCUT2D eigenvalue weighted by Gasteiger charge is -2.35. The summed E-state index contributed by atoms with van der Waals surface area (Å²) in [5.74, 6) is 0. The number of hydrogen-bond donors (Lipinski definition) is 1. The molecule has 2 saturated heterocycles. The molecule has 0 bridgehead atoms. The Morgan fingerprint density at radius 1 is 1.43 bits per heavy atom. The maximum atomic E-state index is 4.13. The van der Waals surface area contributed by atoms with Gasteiger partial charge in [0.1, 0.15) is 0 Å². The van der Waals surface area contributed by atoms with Gasteiger partial charge in [-0.25, -0.2) is 0 Å². The van der Waals surface area contributed by atoms with Gasteiger partial charge in [0.05, 0.1) is 0 Å². The third kappa shape index (κ3) is 1.81. The third-order valence-electron chi connectivity index (χ3n) is 3.79. The zero-order chi connectivity index (χ0) is 10.0. The molecular weight excluding hydrogens is 172 g/mol. The van der Waals surface area contributed by atoms with Gasteiger partial charge in [0.2, 0.25) is 0 Å². The van der Waals surface area contributed by atoms with Crippen LogP contribution in [0.4, 0.5) is 0 Å². The first kappa shape index (κ1) is 10.0. The Hall–Kier alpha value is -0.500. The molecular formula is C12H22N2. The van der Waals surface area contributed by atoms with Crippen molar-refractivity contribution in [2.75, 3.05) is 19.6 Å². The fourth-order valence-corrected chi connectivity index (χ4v) is 2.74. The fourth-order valence-electron chi connectivity index (χ4n) is 2.74.